The predicted molar refractivity (Wildman–Crippen MR) is 111 cm³/mol. The van der Waals surface area contributed by atoms with E-state index < -0.39 is 0 Å². The summed E-state index contributed by atoms with van der Waals surface area (Å²) in [5.74, 6) is 0.676. The normalized spacial score (nSPS) is 19.4. The molecule has 0 unspecified atom stereocenters. The lowest BCUT2D eigenvalue weighted by Gasteiger charge is -2.29. The Balaban J connectivity index is 1.43. The third-order valence-electron chi connectivity index (χ3n) is 5.14. The van der Waals surface area contributed by atoms with Crippen LogP contribution in [0.4, 0.5) is 5.13 Å². The smallest absolute Gasteiger partial charge is 0.267 e. The molecule has 1 aliphatic rings. The minimum Gasteiger partial charge on any atom is -0.377 e. The topological polar surface area (TPSA) is 99.8 Å². The summed E-state index contributed by atoms with van der Waals surface area (Å²) >= 11 is 1.52. The molecule has 1 saturated carbocycles. The van der Waals surface area contributed by atoms with Crippen LogP contribution in [-0.4, -0.2) is 42.9 Å². The van der Waals surface area contributed by atoms with E-state index in [1.165, 1.54) is 11.3 Å². The molecule has 1 aliphatic carbocycles. The second kappa shape index (κ2) is 8.42. The van der Waals surface area contributed by atoms with E-state index in [2.05, 4.69) is 25.7 Å². The number of ether oxygens (including phenoxy) is 1. The molecule has 0 spiro atoms. The van der Waals surface area contributed by atoms with Gasteiger partial charge in [-0.15, -0.1) is 15.3 Å². The van der Waals surface area contributed by atoms with E-state index in [1.54, 1.807) is 28.6 Å². The molecule has 9 nitrogen and oxygen atoms in total. The number of aromatic nitrogens is 6. The van der Waals surface area contributed by atoms with Gasteiger partial charge in [0.1, 0.15) is 11.6 Å². The molecule has 29 heavy (non-hydrogen) atoms. The van der Waals surface area contributed by atoms with E-state index in [-0.39, 0.29) is 11.6 Å². The van der Waals surface area contributed by atoms with Crippen LogP contribution in [0.5, 0.6) is 0 Å². The van der Waals surface area contributed by atoms with Crippen molar-refractivity contribution < 1.29 is 4.74 Å². The van der Waals surface area contributed by atoms with Crippen LogP contribution in [0.2, 0.25) is 0 Å². The van der Waals surface area contributed by atoms with Crippen LogP contribution in [0, 0.1) is 13.8 Å². The van der Waals surface area contributed by atoms with E-state index in [0.717, 1.165) is 47.2 Å². The molecule has 4 rings (SSSR count). The highest BCUT2D eigenvalue weighted by Gasteiger charge is 2.25. The summed E-state index contributed by atoms with van der Waals surface area (Å²) in [5, 5.41) is 22.5. The predicted octanol–water partition coefficient (Wildman–Crippen LogP) is 2.64. The zero-order valence-corrected chi connectivity index (χ0v) is 17.6. The SMILES string of the molecule is COCc1nnc(NC2CCC(n3nc(-n4nc(C)cc4C)ccc3=O)CC2)s1. The molecule has 0 atom stereocenters. The largest absolute Gasteiger partial charge is 0.377 e. The number of hydrogen-bond acceptors (Lipinski definition) is 8. The number of nitrogens with one attached hydrogen (secondary N) is 1. The van der Waals surface area contributed by atoms with Gasteiger partial charge in [-0.05, 0) is 51.7 Å². The van der Waals surface area contributed by atoms with Gasteiger partial charge in [-0.2, -0.15) is 5.10 Å². The van der Waals surface area contributed by atoms with Crippen molar-refractivity contribution in [2.24, 2.45) is 0 Å². The Bertz CT molecular complexity index is 1030. The summed E-state index contributed by atoms with van der Waals surface area (Å²) in [6.07, 6.45) is 3.66. The Morgan fingerprint density at radius 2 is 1.97 bits per heavy atom. The van der Waals surface area contributed by atoms with Crippen LogP contribution in [-0.2, 0) is 11.3 Å². The number of rotatable bonds is 6. The monoisotopic (exact) mass is 415 g/mol. The molecule has 1 fully saturated rings. The van der Waals surface area contributed by atoms with E-state index in [1.807, 2.05) is 19.9 Å². The Kier molecular flexibility index (Phi) is 5.72. The van der Waals surface area contributed by atoms with Gasteiger partial charge in [0.2, 0.25) is 5.13 Å². The first-order valence-electron chi connectivity index (χ1n) is 9.75. The van der Waals surface area contributed by atoms with Gasteiger partial charge in [0.05, 0.1) is 11.7 Å². The van der Waals surface area contributed by atoms with Gasteiger partial charge in [-0.3, -0.25) is 4.79 Å². The van der Waals surface area contributed by atoms with Crippen molar-refractivity contribution in [3.8, 4) is 5.82 Å². The fourth-order valence-electron chi connectivity index (χ4n) is 3.78. The Hall–Kier alpha value is -2.59. The first-order valence-corrected chi connectivity index (χ1v) is 10.6. The lowest BCUT2D eigenvalue weighted by molar-refractivity contribution is 0.184. The zero-order chi connectivity index (χ0) is 20.4. The van der Waals surface area contributed by atoms with Crippen molar-refractivity contribution in [2.75, 3.05) is 12.4 Å². The Labute approximate surface area is 172 Å². The Morgan fingerprint density at radius 3 is 2.66 bits per heavy atom. The van der Waals surface area contributed by atoms with Gasteiger partial charge in [-0.25, -0.2) is 9.36 Å². The van der Waals surface area contributed by atoms with Crippen molar-refractivity contribution in [2.45, 2.75) is 58.2 Å². The highest BCUT2D eigenvalue weighted by molar-refractivity contribution is 7.15. The highest BCUT2D eigenvalue weighted by Crippen LogP contribution is 2.30. The molecule has 0 amide bonds. The Morgan fingerprint density at radius 1 is 1.17 bits per heavy atom. The van der Waals surface area contributed by atoms with Gasteiger partial charge < -0.3 is 10.1 Å². The number of nitrogens with zero attached hydrogens (tertiary/aromatic N) is 6. The molecule has 0 saturated heterocycles. The van der Waals surface area contributed by atoms with Gasteiger partial charge in [-0.1, -0.05) is 11.3 Å². The standard InChI is InChI=1S/C19H25N7O2S/c1-12-10-13(2)25(23-12)16-8-9-18(27)26(24-16)15-6-4-14(5-7-15)20-19-22-21-17(29-19)11-28-3/h8-10,14-15H,4-7,11H2,1-3H3,(H,20,22). The quantitative estimate of drug-likeness (QED) is 0.660. The highest BCUT2D eigenvalue weighted by atomic mass is 32.1. The molecule has 0 aliphatic heterocycles. The first kappa shape index (κ1) is 19.7. The molecule has 0 bridgehead atoms. The number of methoxy groups -OCH3 is 1. The van der Waals surface area contributed by atoms with Crippen LogP contribution in [0.25, 0.3) is 5.82 Å². The molecule has 3 heterocycles. The fraction of sp³-hybridized carbons (Fsp3) is 0.526. The second-order valence-electron chi connectivity index (χ2n) is 7.40. The van der Waals surface area contributed by atoms with Gasteiger partial charge in [0.15, 0.2) is 5.82 Å². The molecular weight excluding hydrogens is 390 g/mol. The van der Waals surface area contributed by atoms with E-state index in [4.69, 9.17) is 4.74 Å². The fourth-order valence-corrected chi connectivity index (χ4v) is 4.57. The third-order valence-corrected chi connectivity index (χ3v) is 5.97. The molecule has 0 aromatic carbocycles. The van der Waals surface area contributed by atoms with Crippen LogP contribution in [0.15, 0.2) is 23.0 Å². The molecule has 10 heteroatoms. The van der Waals surface area contributed by atoms with Crippen molar-refractivity contribution >= 4 is 16.5 Å². The lowest BCUT2D eigenvalue weighted by atomic mass is 9.91. The molecule has 1 N–H and O–H groups in total. The summed E-state index contributed by atoms with van der Waals surface area (Å²) < 4.78 is 8.50. The molecule has 0 radical (unpaired) electrons. The molecule has 3 aromatic rings. The van der Waals surface area contributed by atoms with Crippen molar-refractivity contribution in [1.82, 2.24) is 29.8 Å². The van der Waals surface area contributed by atoms with Crippen molar-refractivity contribution in [3.05, 3.63) is 44.9 Å². The third kappa shape index (κ3) is 4.38. The maximum Gasteiger partial charge on any atom is 0.267 e. The lowest BCUT2D eigenvalue weighted by Crippen LogP contribution is -2.33. The number of hydrogen-bond donors (Lipinski definition) is 1. The van der Waals surface area contributed by atoms with Crippen LogP contribution < -0.4 is 10.9 Å². The van der Waals surface area contributed by atoms with Crippen LogP contribution in [0.3, 0.4) is 0 Å². The molecule has 3 aromatic heterocycles. The number of aryl methyl sites for hydroxylation is 2. The minimum atomic E-state index is -0.0694. The summed E-state index contributed by atoms with van der Waals surface area (Å²) in [7, 11) is 1.65. The molecule has 154 valence electrons. The van der Waals surface area contributed by atoms with Gasteiger partial charge >= 0.3 is 0 Å². The van der Waals surface area contributed by atoms with Gasteiger partial charge in [0.25, 0.3) is 5.56 Å². The average Bonchev–Trinajstić information content (AvgIpc) is 3.29. The maximum absolute atomic E-state index is 12.5. The average molecular weight is 416 g/mol. The van der Waals surface area contributed by atoms with E-state index >= 15 is 0 Å². The summed E-state index contributed by atoms with van der Waals surface area (Å²) in [6, 6.07) is 5.74. The molecular formula is C19H25N7O2S. The first-order chi connectivity index (χ1) is 14.0. The summed E-state index contributed by atoms with van der Waals surface area (Å²) in [6.45, 7) is 4.41. The maximum atomic E-state index is 12.5. The van der Waals surface area contributed by atoms with E-state index in [9.17, 15) is 4.79 Å². The van der Waals surface area contributed by atoms with Crippen LogP contribution in [0.1, 0.15) is 48.1 Å². The summed E-state index contributed by atoms with van der Waals surface area (Å²) in [4.78, 5) is 12.5. The van der Waals surface area contributed by atoms with Crippen molar-refractivity contribution in [3.63, 3.8) is 0 Å². The van der Waals surface area contributed by atoms with E-state index in [0.29, 0.717) is 18.5 Å². The zero-order valence-electron chi connectivity index (χ0n) is 16.8. The second-order valence-corrected chi connectivity index (χ2v) is 8.46. The minimum absolute atomic E-state index is 0.0694. The number of anilines is 1. The van der Waals surface area contributed by atoms with Crippen LogP contribution >= 0.6 is 11.3 Å². The summed E-state index contributed by atoms with van der Waals surface area (Å²) in [5.41, 5.74) is 1.86. The van der Waals surface area contributed by atoms with Gasteiger partial charge in [0, 0.05) is 24.9 Å². The van der Waals surface area contributed by atoms with Crippen molar-refractivity contribution in [1.29, 1.82) is 0 Å².